The second kappa shape index (κ2) is 12.8. The number of carboxylic acid groups (broad SMARTS) is 1. The van der Waals surface area contributed by atoms with Gasteiger partial charge in [0, 0.05) is 29.6 Å². The molecule has 0 unspecified atom stereocenters. The highest BCUT2D eigenvalue weighted by molar-refractivity contribution is 6.30. The van der Waals surface area contributed by atoms with Crippen molar-refractivity contribution in [3.8, 4) is 5.75 Å². The van der Waals surface area contributed by atoms with Crippen LogP contribution >= 0.6 is 23.2 Å². The molecular weight excluding hydrogens is 473 g/mol. The molecule has 0 saturated heterocycles. The maximum Gasteiger partial charge on any atom is 0.333 e. The Hall–Kier alpha value is -2.57. The van der Waals surface area contributed by atoms with Crippen molar-refractivity contribution in [1.29, 1.82) is 0 Å². The monoisotopic (exact) mass is 501 g/mol. The quantitative estimate of drug-likeness (QED) is 0.323. The summed E-state index contributed by atoms with van der Waals surface area (Å²) < 4.78 is 11.2. The Morgan fingerprint density at radius 3 is 1.91 bits per heavy atom. The fourth-order valence-electron chi connectivity index (χ4n) is 3.78. The topological polar surface area (TPSA) is 59.0 Å². The van der Waals surface area contributed by atoms with E-state index in [1.165, 1.54) is 0 Å². The number of hydrogen-bond acceptors (Lipinski definition) is 4. The minimum atomic E-state index is -0.957. The van der Waals surface area contributed by atoms with Gasteiger partial charge in [0.15, 0.2) is 6.10 Å². The molecule has 5 nitrogen and oxygen atoms in total. The van der Waals surface area contributed by atoms with Gasteiger partial charge in [0.2, 0.25) is 0 Å². The van der Waals surface area contributed by atoms with Gasteiger partial charge in [0.05, 0.1) is 6.04 Å². The summed E-state index contributed by atoms with van der Waals surface area (Å²) in [6, 6.07) is 23.2. The van der Waals surface area contributed by atoms with Crippen LogP contribution in [-0.2, 0) is 16.0 Å². The number of carbonyl (C=O) groups is 1. The Morgan fingerprint density at radius 1 is 0.912 bits per heavy atom. The highest BCUT2D eigenvalue weighted by Gasteiger charge is 2.20. The molecule has 0 aromatic heterocycles. The number of rotatable bonds is 12. The Labute approximate surface area is 210 Å². The molecule has 34 heavy (non-hydrogen) atoms. The fourth-order valence-corrected chi connectivity index (χ4v) is 4.03. The van der Waals surface area contributed by atoms with Crippen LogP contribution in [0.1, 0.15) is 29.7 Å². The molecule has 0 aliphatic carbocycles. The predicted molar refractivity (Wildman–Crippen MR) is 136 cm³/mol. The van der Waals surface area contributed by atoms with Crippen LogP contribution < -0.4 is 4.74 Å². The van der Waals surface area contributed by atoms with Crippen LogP contribution in [0.3, 0.4) is 0 Å². The molecule has 0 aliphatic heterocycles. The van der Waals surface area contributed by atoms with Gasteiger partial charge in [0.25, 0.3) is 0 Å². The average Bonchev–Trinajstić information content (AvgIpc) is 2.82. The van der Waals surface area contributed by atoms with Crippen LogP contribution in [0.5, 0.6) is 5.75 Å². The third kappa shape index (κ3) is 7.47. The van der Waals surface area contributed by atoms with Crippen LogP contribution in [0.2, 0.25) is 10.0 Å². The van der Waals surface area contributed by atoms with Crippen molar-refractivity contribution in [1.82, 2.24) is 4.90 Å². The number of carboxylic acids is 1. The van der Waals surface area contributed by atoms with E-state index < -0.39 is 12.1 Å². The molecule has 1 atom stereocenters. The highest BCUT2D eigenvalue weighted by Crippen LogP contribution is 2.29. The van der Waals surface area contributed by atoms with Gasteiger partial charge in [-0.1, -0.05) is 59.6 Å². The highest BCUT2D eigenvalue weighted by atomic mass is 35.5. The van der Waals surface area contributed by atoms with E-state index in [4.69, 9.17) is 32.7 Å². The number of hydrogen-bond donors (Lipinski definition) is 1. The van der Waals surface area contributed by atoms with Crippen LogP contribution in [0.25, 0.3) is 0 Å². The van der Waals surface area contributed by atoms with E-state index in [1.54, 1.807) is 6.92 Å². The van der Waals surface area contributed by atoms with E-state index in [0.717, 1.165) is 22.4 Å². The molecule has 3 rings (SSSR count). The molecule has 0 bridgehead atoms. The third-order valence-corrected chi connectivity index (χ3v) is 6.02. The molecule has 1 N–H and O–H groups in total. The lowest BCUT2D eigenvalue weighted by Crippen LogP contribution is -2.29. The molecule has 180 valence electrons. The molecule has 0 saturated carbocycles. The Bertz CT molecular complexity index is 994. The summed E-state index contributed by atoms with van der Waals surface area (Å²) in [4.78, 5) is 13.5. The molecule has 0 heterocycles. The van der Waals surface area contributed by atoms with Crippen molar-refractivity contribution in [2.24, 2.45) is 0 Å². The summed E-state index contributed by atoms with van der Waals surface area (Å²) in [5.74, 6) is -0.226. The lowest BCUT2D eigenvalue weighted by Gasteiger charge is -2.29. The average molecular weight is 502 g/mol. The lowest BCUT2D eigenvalue weighted by molar-refractivity contribution is -0.149. The molecule has 0 amide bonds. The summed E-state index contributed by atoms with van der Waals surface area (Å²) in [7, 11) is 2.06. The van der Waals surface area contributed by atoms with Crippen molar-refractivity contribution in [3.05, 3.63) is 99.5 Å². The molecule has 3 aromatic carbocycles. The van der Waals surface area contributed by atoms with Gasteiger partial charge in [-0.25, -0.2) is 4.79 Å². The van der Waals surface area contributed by atoms with Crippen molar-refractivity contribution in [3.63, 3.8) is 0 Å². The zero-order valence-corrected chi connectivity index (χ0v) is 20.8. The molecule has 0 spiro atoms. The van der Waals surface area contributed by atoms with Crippen molar-refractivity contribution in [2.75, 3.05) is 26.8 Å². The number of nitrogens with zero attached hydrogens (tertiary/aromatic N) is 1. The van der Waals surface area contributed by atoms with Gasteiger partial charge >= 0.3 is 5.97 Å². The van der Waals surface area contributed by atoms with E-state index in [-0.39, 0.29) is 6.04 Å². The first-order valence-corrected chi connectivity index (χ1v) is 11.9. The second-order valence-corrected chi connectivity index (χ2v) is 8.84. The van der Waals surface area contributed by atoms with Crippen LogP contribution in [-0.4, -0.2) is 48.9 Å². The Balaban J connectivity index is 1.62. The number of aliphatic carboxylic acids is 1. The Kier molecular flexibility index (Phi) is 9.78. The zero-order valence-electron chi connectivity index (χ0n) is 19.3. The summed E-state index contributed by atoms with van der Waals surface area (Å²) >= 11 is 12.2. The van der Waals surface area contributed by atoms with Crippen molar-refractivity contribution < 1.29 is 19.4 Å². The smallest absolute Gasteiger partial charge is 0.333 e. The van der Waals surface area contributed by atoms with Gasteiger partial charge in [0.1, 0.15) is 12.4 Å². The summed E-state index contributed by atoms with van der Waals surface area (Å²) in [6.45, 7) is 3.32. The molecule has 0 fully saturated rings. The summed E-state index contributed by atoms with van der Waals surface area (Å²) in [5.41, 5.74) is 3.14. The van der Waals surface area contributed by atoms with Gasteiger partial charge in [-0.15, -0.1) is 0 Å². The fraction of sp³-hybridized carbons (Fsp3) is 0.296. The molecule has 7 heteroatoms. The van der Waals surface area contributed by atoms with E-state index in [9.17, 15) is 9.90 Å². The standard InChI is InChI=1S/C27H29Cl2NO4/c1-3-33-25(27(31)32)18-19-4-14-24(15-5-19)34-17-16-30(2)26(20-6-10-22(28)11-7-20)21-8-12-23(29)13-9-21/h4-15,25-26H,3,16-18H2,1-2H3,(H,31,32)/t25-/m0/s1. The van der Waals surface area contributed by atoms with Crippen molar-refractivity contribution in [2.45, 2.75) is 25.5 Å². The normalized spacial score (nSPS) is 12.2. The van der Waals surface area contributed by atoms with Crippen LogP contribution in [0.15, 0.2) is 72.8 Å². The maximum absolute atomic E-state index is 11.3. The third-order valence-electron chi connectivity index (χ3n) is 5.51. The molecular formula is C27H29Cl2NO4. The van der Waals surface area contributed by atoms with Crippen molar-refractivity contribution >= 4 is 29.2 Å². The summed E-state index contributed by atoms with van der Waals surface area (Å²) in [6.07, 6.45) is -0.529. The number of likely N-dealkylation sites (N-methyl/N-ethyl adjacent to an activating group) is 1. The largest absolute Gasteiger partial charge is 0.492 e. The lowest BCUT2D eigenvalue weighted by atomic mass is 9.97. The first-order valence-electron chi connectivity index (χ1n) is 11.1. The Morgan fingerprint density at radius 2 is 1.44 bits per heavy atom. The first-order chi connectivity index (χ1) is 16.4. The van der Waals surface area contributed by atoms with E-state index in [0.29, 0.717) is 36.2 Å². The minimum absolute atomic E-state index is 0.0204. The number of halogens is 2. The van der Waals surface area contributed by atoms with E-state index in [1.807, 2.05) is 72.8 Å². The SMILES string of the molecule is CCO[C@@H](Cc1ccc(OCCN(C)C(c2ccc(Cl)cc2)c2ccc(Cl)cc2)cc1)C(=O)O. The van der Waals surface area contributed by atoms with Crippen LogP contribution in [0, 0.1) is 0 Å². The first kappa shape index (κ1) is 26.0. The summed E-state index contributed by atoms with van der Waals surface area (Å²) in [5, 5.41) is 10.7. The maximum atomic E-state index is 11.3. The van der Waals surface area contributed by atoms with Gasteiger partial charge in [-0.05, 0) is 67.1 Å². The minimum Gasteiger partial charge on any atom is -0.492 e. The number of ether oxygens (including phenoxy) is 2. The zero-order chi connectivity index (χ0) is 24.5. The van der Waals surface area contributed by atoms with Gasteiger partial charge in [-0.3, -0.25) is 4.90 Å². The van der Waals surface area contributed by atoms with Gasteiger partial charge < -0.3 is 14.6 Å². The van der Waals surface area contributed by atoms with Gasteiger partial charge in [-0.2, -0.15) is 0 Å². The molecule has 0 radical (unpaired) electrons. The molecule has 3 aromatic rings. The predicted octanol–water partition coefficient (Wildman–Crippen LogP) is 6.13. The van der Waals surface area contributed by atoms with Crippen LogP contribution in [0.4, 0.5) is 0 Å². The van der Waals surface area contributed by atoms with E-state index in [2.05, 4.69) is 11.9 Å². The van der Waals surface area contributed by atoms with E-state index >= 15 is 0 Å². The second-order valence-electron chi connectivity index (χ2n) is 7.97. The number of benzene rings is 3. The molecule has 0 aliphatic rings.